The molecule has 2 aromatic carbocycles. The van der Waals surface area contributed by atoms with Crippen molar-refractivity contribution in [1.29, 1.82) is 0 Å². The normalized spacial score (nSPS) is 11.8. The maximum atomic E-state index is 13.4. The summed E-state index contributed by atoms with van der Waals surface area (Å²) in [7, 11) is 1.57. The quantitative estimate of drug-likeness (QED) is 0.472. The Labute approximate surface area is 204 Å². The van der Waals surface area contributed by atoms with Gasteiger partial charge in [-0.05, 0) is 73.0 Å². The lowest BCUT2D eigenvalue weighted by molar-refractivity contribution is -0.126. The van der Waals surface area contributed by atoms with Crippen molar-refractivity contribution in [3.05, 3.63) is 53.6 Å². The van der Waals surface area contributed by atoms with Gasteiger partial charge in [-0.1, -0.05) is 25.4 Å². The number of hydrogen-bond acceptors (Lipinski definition) is 6. The van der Waals surface area contributed by atoms with E-state index in [0.717, 1.165) is 12.0 Å². The highest BCUT2D eigenvalue weighted by Crippen LogP contribution is 2.22. The molecule has 0 fully saturated rings. The lowest BCUT2D eigenvalue weighted by Crippen LogP contribution is -2.49. The Morgan fingerprint density at radius 2 is 1.76 bits per heavy atom. The molecule has 1 aromatic heterocycles. The van der Waals surface area contributed by atoms with Crippen molar-refractivity contribution in [2.45, 2.75) is 39.8 Å². The first-order valence-electron chi connectivity index (χ1n) is 11.1. The van der Waals surface area contributed by atoms with Gasteiger partial charge in [0.2, 0.25) is 11.7 Å². The van der Waals surface area contributed by atoms with Crippen LogP contribution in [0.1, 0.15) is 27.2 Å². The molecule has 0 radical (unpaired) electrons. The van der Waals surface area contributed by atoms with Crippen LogP contribution < -0.4 is 15.0 Å². The molecule has 0 spiro atoms. The Bertz CT molecular complexity index is 1100. The molecule has 0 saturated heterocycles. The van der Waals surface area contributed by atoms with Crippen LogP contribution in [-0.4, -0.2) is 51.7 Å². The van der Waals surface area contributed by atoms with Crippen molar-refractivity contribution in [3.63, 3.8) is 0 Å². The first kappa shape index (κ1) is 25.2. The maximum Gasteiger partial charge on any atom is 0.251 e. The minimum atomic E-state index is -0.743. The van der Waals surface area contributed by atoms with Gasteiger partial charge in [0, 0.05) is 22.8 Å². The van der Waals surface area contributed by atoms with E-state index in [-0.39, 0.29) is 18.4 Å². The molecule has 9 nitrogen and oxygen atoms in total. The van der Waals surface area contributed by atoms with Crippen molar-refractivity contribution < 1.29 is 14.3 Å². The van der Waals surface area contributed by atoms with Crippen LogP contribution in [0.2, 0.25) is 5.02 Å². The average molecular weight is 485 g/mol. The summed E-state index contributed by atoms with van der Waals surface area (Å²) >= 11 is 5.94. The number of benzene rings is 2. The van der Waals surface area contributed by atoms with Crippen LogP contribution in [0.3, 0.4) is 0 Å². The molecule has 1 heterocycles. The van der Waals surface area contributed by atoms with E-state index in [4.69, 9.17) is 16.3 Å². The summed E-state index contributed by atoms with van der Waals surface area (Å²) in [5, 5.41) is 15.9. The summed E-state index contributed by atoms with van der Waals surface area (Å²) < 4.78 is 5.22. The fourth-order valence-corrected chi connectivity index (χ4v) is 3.42. The van der Waals surface area contributed by atoms with Gasteiger partial charge in [-0.2, -0.15) is 4.80 Å². The van der Waals surface area contributed by atoms with Gasteiger partial charge in [0.1, 0.15) is 18.3 Å². The van der Waals surface area contributed by atoms with Crippen molar-refractivity contribution in [1.82, 2.24) is 25.5 Å². The largest absolute Gasteiger partial charge is 0.497 e. The molecular formula is C24H29ClN6O3. The second-order valence-corrected chi connectivity index (χ2v) is 8.70. The van der Waals surface area contributed by atoms with Crippen LogP contribution in [0.4, 0.5) is 5.69 Å². The number of carbonyl (C=O) groups excluding carboxylic acids is 2. The van der Waals surface area contributed by atoms with Gasteiger partial charge in [-0.3, -0.25) is 14.5 Å². The molecule has 3 aromatic rings. The van der Waals surface area contributed by atoms with Crippen LogP contribution in [-0.2, 0) is 16.1 Å². The predicted molar refractivity (Wildman–Crippen MR) is 131 cm³/mol. The summed E-state index contributed by atoms with van der Waals surface area (Å²) in [6.07, 6.45) is 0.852. The number of tetrazole rings is 1. The zero-order valence-corrected chi connectivity index (χ0v) is 20.5. The van der Waals surface area contributed by atoms with Crippen LogP contribution in [0.5, 0.6) is 5.75 Å². The van der Waals surface area contributed by atoms with Gasteiger partial charge in [0.15, 0.2) is 0 Å². The Morgan fingerprint density at radius 1 is 1.09 bits per heavy atom. The minimum absolute atomic E-state index is 0.184. The third kappa shape index (κ3) is 6.54. The Balaban J connectivity index is 1.80. The first-order chi connectivity index (χ1) is 16.3. The standard InChI is InChI=1S/C24H29ClN6O3/c1-16(2)13-14-26-24(33)17(3)31(20-9-11-21(34-4)12-10-20)22(32)15-30-28-23(27-29-30)18-5-7-19(25)8-6-18/h5-12,16-17H,13-15H2,1-4H3,(H,26,33)/t17-/m0/s1. The minimum Gasteiger partial charge on any atom is -0.497 e. The Morgan fingerprint density at radius 3 is 2.38 bits per heavy atom. The Kier molecular flexibility index (Phi) is 8.59. The summed E-state index contributed by atoms with van der Waals surface area (Å²) in [4.78, 5) is 28.9. The summed E-state index contributed by atoms with van der Waals surface area (Å²) in [5.41, 5.74) is 1.29. The number of aromatic nitrogens is 4. The molecule has 0 bridgehead atoms. The lowest BCUT2D eigenvalue weighted by Gasteiger charge is -2.28. The molecular weight excluding hydrogens is 456 g/mol. The molecule has 0 saturated carbocycles. The van der Waals surface area contributed by atoms with Gasteiger partial charge in [-0.15, -0.1) is 10.2 Å². The van der Waals surface area contributed by atoms with Crippen molar-refractivity contribution in [2.75, 3.05) is 18.6 Å². The van der Waals surface area contributed by atoms with E-state index in [1.807, 2.05) is 0 Å². The van der Waals surface area contributed by atoms with Crippen LogP contribution in [0, 0.1) is 5.92 Å². The SMILES string of the molecule is COc1ccc(N(C(=O)Cn2nnc(-c3ccc(Cl)cc3)n2)[C@@H](C)C(=O)NCCC(C)C)cc1. The number of amides is 2. The van der Waals surface area contributed by atoms with Gasteiger partial charge in [0.25, 0.3) is 5.91 Å². The zero-order chi connectivity index (χ0) is 24.7. The number of anilines is 1. The average Bonchev–Trinajstić information content (AvgIpc) is 3.28. The van der Waals surface area contributed by atoms with Crippen molar-refractivity contribution in [2.24, 2.45) is 5.92 Å². The summed E-state index contributed by atoms with van der Waals surface area (Å²) in [6.45, 7) is 6.23. The number of nitrogens with one attached hydrogen (secondary N) is 1. The number of hydrogen-bond donors (Lipinski definition) is 1. The molecule has 3 rings (SSSR count). The summed E-state index contributed by atoms with van der Waals surface area (Å²) in [6, 6.07) is 13.2. The number of methoxy groups -OCH3 is 1. The van der Waals surface area contributed by atoms with Crippen LogP contribution in [0.15, 0.2) is 48.5 Å². The third-order valence-electron chi connectivity index (χ3n) is 5.24. The fourth-order valence-electron chi connectivity index (χ4n) is 3.30. The van der Waals surface area contributed by atoms with Gasteiger partial charge >= 0.3 is 0 Å². The van der Waals surface area contributed by atoms with Crippen molar-refractivity contribution >= 4 is 29.1 Å². The van der Waals surface area contributed by atoms with Gasteiger partial charge < -0.3 is 10.1 Å². The molecule has 0 aliphatic heterocycles. The topological polar surface area (TPSA) is 102 Å². The second-order valence-electron chi connectivity index (χ2n) is 8.26. The molecule has 180 valence electrons. The number of carbonyl (C=O) groups is 2. The van der Waals surface area contributed by atoms with Crippen LogP contribution in [0.25, 0.3) is 11.4 Å². The second kappa shape index (κ2) is 11.6. The van der Waals surface area contributed by atoms with E-state index in [0.29, 0.717) is 34.7 Å². The zero-order valence-electron chi connectivity index (χ0n) is 19.7. The van der Waals surface area contributed by atoms with E-state index in [2.05, 4.69) is 34.6 Å². The lowest BCUT2D eigenvalue weighted by atomic mass is 10.1. The van der Waals surface area contributed by atoms with Crippen LogP contribution >= 0.6 is 11.6 Å². The number of rotatable bonds is 10. The monoisotopic (exact) mass is 484 g/mol. The molecule has 0 aliphatic carbocycles. The van der Waals surface area contributed by atoms with Crippen molar-refractivity contribution in [3.8, 4) is 17.1 Å². The highest BCUT2D eigenvalue weighted by atomic mass is 35.5. The molecule has 2 amide bonds. The van der Waals surface area contributed by atoms with E-state index in [1.165, 1.54) is 9.70 Å². The maximum absolute atomic E-state index is 13.4. The van der Waals surface area contributed by atoms with Gasteiger partial charge in [0.05, 0.1) is 7.11 Å². The van der Waals surface area contributed by atoms with E-state index in [9.17, 15) is 9.59 Å². The molecule has 0 aliphatic rings. The molecule has 1 atom stereocenters. The molecule has 34 heavy (non-hydrogen) atoms. The van der Waals surface area contributed by atoms with E-state index in [1.54, 1.807) is 62.6 Å². The molecule has 1 N–H and O–H groups in total. The number of nitrogens with zero attached hydrogens (tertiary/aromatic N) is 5. The fraction of sp³-hybridized carbons (Fsp3) is 0.375. The predicted octanol–water partition coefficient (Wildman–Crippen LogP) is 3.59. The van der Waals surface area contributed by atoms with E-state index < -0.39 is 6.04 Å². The van der Waals surface area contributed by atoms with E-state index >= 15 is 0 Å². The smallest absolute Gasteiger partial charge is 0.251 e. The first-order valence-corrected chi connectivity index (χ1v) is 11.4. The Hall–Kier alpha value is -3.46. The molecule has 10 heteroatoms. The number of ether oxygens (including phenoxy) is 1. The third-order valence-corrected chi connectivity index (χ3v) is 5.49. The summed E-state index contributed by atoms with van der Waals surface area (Å²) in [5.74, 6) is 0.897. The van der Waals surface area contributed by atoms with Gasteiger partial charge in [-0.25, -0.2) is 0 Å². The molecule has 0 unspecified atom stereocenters. The highest BCUT2D eigenvalue weighted by molar-refractivity contribution is 6.30. The highest BCUT2D eigenvalue weighted by Gasteiger charge is 2.28. The number of halogens is 1.